The van der Waals surface area contributed by atoms with Gasteiger partial charge < -0.3 is 5.73 Å². The molecule has 0 heterocycles. The number of aryl methyl sites for hydroxylation is 1. The largest absolute Gasteiger partial charge is 0.316 e. The fourth-order valence-electron chi connectivity index (χ4n) is 0.750. The number of benzene rings is 1. The quantitative estimate of drug-likeness (QED) is 0.460. The molecule has 10 heavy (non-hydrogen) atoms. The second kappa shape index (κ2) is 3.34. The van der Waals surface area contributed by atoms with E-state index in [0.717, 1.165) is 0 Å². The van der Waals surface area contributed by atoms with Crippen LogP contribution in [0.15, 0.2) is 24.3 Å². The highest BCUT2D eigenvalue weighted by Crippen LogP contribution is 2.16. The van der Waals surface area contributed by atoms with Gasteiger partial charge in [-0.2, -0.15) is 0 Å². The molecule has 1 atom stereocenters. The number of hydrogen-bond acceptors (Lipinski definition) is 1. The minimum Gasteiger partial charge on any atom is -0.316 e. The normalized spacial score (nSPS) is 13.1. The molecule has 0 aliphatic rings. The molecule has 1 aromatic rings. The molecule has 0 fully saturated rings. The molecule has 0 saturated heterocycles. The highest BCUT2D eigenvalue weighted by molar-refractivity contribution is 14.1. The van der Waals surface area contributed by atoms with Crippen LogP contribution in [0.5, 0.6) is 0 Å². The van der Waals surface area contributed by atoms with Gasteiger partial charge in [-0.1, -0.05) is 52.4 Å². The van der Waals surface area contributed by atoms with E-state index in [2.05, 4.69) is 53.8 Å². The van der Waals surface area contributed by atoms with Crippen molar-refractivity contribution in [1.29, 1.82) is 0 Å². The summed E-state index contributed by atoms with van der Waals surface area (Å²) >= 11 is 2.20. The number of halogens is 1. The summed E-state index contributed by atoms with van der Waals surface area (Å²) in [4.78, 5) is 0. The first-order valence-electron chi connectivity index (χ1n) is 3.16. The maximum atomic E-state index is 5.65. The number of alkyl halides is 1. The van der Waals surface area contributed by atoms with Crippen molar-refractivity contribution in [2.75, 3.05) is 0 Å². The second-order valence-corrected chi connectivity index (χ2v) is 3.65. The molecule has 0 spiro atoms. The summed E-state index contributed by atoms with van der Waals surface area (Å²) < 4.78 is 0.123. The number of rotatable bonds is 1. The molecule has 0 amide bonds. The molecular formula is C8H10IN. The Hall–Kier alpha value is -0.0900. The molecule has 0 radical (unpaired) electrons. The first-order chi connectivity index (χ1) is 4.70. The molecule has 1 nitrogen and oxygen atoms in total. The van der Waals surface area contributed by atoms with Crippen molar-refractivity contribution in [3.05, 3.63) is 35.4 Å². The van der Waals surface area contributed by atoms with Crippen LogP contribution >= 0.6 is 22.6 Å². The Morgan fingerprint density at radius 1 is 1.30 bits per heavy atom. The number of nitrogens with two attached hydrogens (primary N) is 1. The van der Waals surface area contributed by atoms with Crippen LogP contribution in [0.1, 0.15) is 15.2 Å². The Bertz CT molecular complexity index is 203. The summed E-state index contributed by atoms with van der Waals surface area (Å²) in [6.07, 6.45) is 0. The van der Waals surface area contributed by atoms with Gasteiger partial charge in [0.25, 0.3) is 0 Å². The molecule has 0 saturated carbocycles. The fourth-order valence-corrected chi connectivity index (χ4v) is 1.17. The van der Waals surface area contributed by atoms with E-state index in [4.69, 9.17) is 5.73 Å². The first-order valence-corrected chi connectivity index (χ1v) is 4.41. The van der Waals surface area contributed by atoms with Gasteiger partial charge in [-0.25, -0.2) is 0 Å². The molecule has 1 rings (SSSR count). The van der Waals surface area contributed by atoms with Crippen molar-refractivity contribution in [3.8, 4) is 0 Å². The van der Waals surface area contributed by atoms with Gasteiger partial charge in [0, 0.05) is 0 Å². The molecule has 0 aliphatic carbocycles. The topological polar surface area (TPSA) is 26.0 Å². The molecule has 54 valence electrons. The standard InChI is InChI=1S/C8H10IN/c1-6-2-4-7(5-3-6)8(9)10/h2-5,8H,10H2,1H3. The van der Waals surface area contributed by atoms with Crippen molar-refractivity contribution >= 4 is 22.6 Å². The summed E-state index contributed by atoms with van der Waals surface area (Å²) in [5, 5.41) is 0. The van der Waals surface area contributed by atoms with E-state index in [9.17, 15) is 0 Å². The van der Waals surface area contributed by atoms with Crippen molar-refractivity contribution in [2.45, 2.75) is 11.0 Å². The Labute approximate surface area is 74.8 Å². The second-order valence-electron chi connectivity index (χ2n) is 2.31. The highest BCUT2D eigenvalue weighted by Gasteiger charge is 1.97. The molecular weight excluding hydrogens is 237 g/mol. The van der Waals surface area contributed by atoms with E-state index < -0.39 is 0 Å². The fraction of sp³-hybridized carbons (Fsp3) is 0.250. The van der Waals surface area contributed by atoms with Crippen LogP contribution < -0.4 is 5.73 Å². The lowest BCUT2D eigenvalue weighted by atomic mass is 10.2. The van der Waals surface area contributed by atoms with Gasteiger partial charge >= 0.3 is 0 Å². The molecule has 0 aliphatic heterocycles. The van der Waals surface area contributed by atoms with Gasteiger partial charge in [-0.3, -0.25) is 0 Å². The smallest absolute Gasteiger partial charge is 0.0824 e. The van der Waals surface area contributed by atoms with Gasteiger partial charge in [-0.15, -0.1) is 0 Å². The third-order valence-electron chi connectivity index (χ3n) is 1.40. The Morgan fingerprint density at radius 2 is 1.80 bits per heavy atom. The lowest BCUT2D eigenvalue weighted by molar-refractivity contribution is 1.08. The van der Waals surface area contributed by atoms with E-state index in [1.165, 1.54) is 11.1 Å². The van der Waals surface area contributed by atoms with E-state index in [1.54, 1.807) is 0 Å². The van der Waals surface area contributed by atoms with Gasteiger partial charge in [-0.05, 0) is 12.5 Å². The molecule has 0 bridgehead atoms. The summed E-state index contributed by atoms with van der Waals surface area (Å²) in [6.45, 7) is 2.07. The molecule has 1 unspecified atom stereocenters. The van der Waals surface area contributed by atoms with Crippen LogP contribution in [0.25, 0.3) is 0 Å². The van der Waals surface area contributed by atoms with E-state index >= 15 is 0 Å². The Kier molecular flexibility index (Phi) is 2.68. The first kappa shape index (κ1) is 8.01. The van der Waals surface area contributed by atoms with Gasteiger partial charge in [0.15, 0.2) is 0 Å². The predicted octanol–water partition coefficient (Wildman–Crippen LogP) is 2.39. The summed E-state index contributed by atoms with van der Waals surface area (Å²) in [5.41, 5.74) is 8.12. The van der Waals surface area contributed by atoms with Gasteiger partial charge in [0.1, 0.15) is 0 Å². The van der Waals surface area contributed by atoms with Crippen LogP contribution in [0.3, 0.4) is 0 Å². The predicted molar refractivity (Wildman–Crippen MR) is 52.1 cm³/mol. The zero-order valence-corrected chi connectivity index (χ0v) is 8.00. The SMILES string of the molecule is Cc1ccc(C(N)I)cc1. The van der Waals surface area contributed by atoms with Crippen LogP contribution in [0.4, 0.5) is 0 Å². The van der Waals surface area contributed by atoms with Crippen LogP contribution in [-0.2, 0) is 0 Å². The minimum absolute atomic E-state index is 0.123. The van der Waals surface area contributed by atoms with Crippen LogP contribution in [0, 0.1) is 6.92 Å². The third kappa shape index (κ3) is 1.95. The summed E-state index contributed by atoms with van der Waals surface area (Å²) in [7, 11) is 0. The zero-order chi connectivity index (χ0) is 7.56. The molecule has 0 aromatic heterocycles. The van der Waals surface area contributed by atoms with Crippen LogP contribution in [-0.4, -0.2) is 0 Å². The van der Waals surface area contributed by atoms with Gasteiger partial charge in [0.05, 0.1) is 4.05 Å². The van der Waals surface area contributed by atoms with Crippen LogP contribution in [0.2, 0.25) is 0 Å². The van der Waals surface area contributed by atoms with Crippen molar-refractivity contribution in [2.24, 2.45) is 5.73 Å². The summed E-state index contributed by atoms with van der Waals surface area (Å²) in [6, 6.07) is 8.28. The van der Waals surface area contributed by atoms with E-state index in [-0.39, 0.29) is 4.05 Å². The van der Waals surface area contributed by atoms with E-state index in [0.29, 0.717) is 0 Å². The molecule has 2 heteroatoms. The average molecular weight is 247 g/mol. The average Bonchev–Trinajstić information content (AvgIpc) is 1.88. The Balaban J connectivity index is 2.89. The summed E-state index contributed by atoms with van der Waals surface area (Å²) in [5.74, 6) is 0. The van der Waals surface area contributed by atoms with E-state index in [1.807, 2.05) is 0 Å². The Morgan fingerprint density at radius 3 is 2.20 bits per heavy atom. The monoisotopic (exact) mass is 247 g/mol. The van der Waals surface area contributed by atoms with Crippen molar-refractivity contribution in [3.63, 3.8) is 0 Å². The molecule has 2 N–H and O–H groups in total. The lowest BCUT2D eigenvalue weighted by Gasteiger charge is -2.02. The minimum atomic E-state index is 0.123. The lowest BCUT2D eigenvalue weighted by Crippen LogP contribution is -2.00. The van der Waals surface area contributed by atoms with Crippen molar-refractivity contribution in [1.82, 2.24) is 0 Å². The maximum absolute atomic E-state index is 5.65. The number of hydrogen-bond donors (Lipinski definition) is 1. The third-order valence-corrected chi connectivity index (χ3v) is 2.11. The maximum Gasteiger partial charge on any atom is 0.0824 e. The highest BCUT2D eigenvalue weighted by atomic mass is 127. The van der Waals surface area contributed by atoms with Crippen molar-refractivity contribution < 1.29 is 0 Å². The zero-order valence-electron chi connectivity index (χ0n) is 5.84. The molecule has 1 aromatic carbocycles. The van der Waals surface area contributed by atoms with Gasteiger partial charge in [0.2, 0.25) is 0 Å².